The number of hydrogen-bond acceptors (Lipinski definition) is 5. The van der Waals surface area contributed by atoms with E-state index in [9.17, 15) is 4.79 Å². The van der Waals surface area contributed by atoms with Crippen molar-refractivity contribution in [2.45, 2.75) is 57.6 Å². The number of amides is 2. The molecule has 148 valence electrons. The summed E-state index contributed by atoms with van der Waals surface area (Å²) in [5.41, 5.74) is 0.871. The fraction of sp³-hybridized carbons (Fsp3) is 0.750. The maximum absolute atomic E-state index is 12.8. The Morgan fingerprint density at radius 1 is 1.19 bits per heavy atom. The SMILES string of the molecule is C[C@@H]1CCCC[C@H]1NC(=O)N1CCO[C@@H](c2ccnc(N3CCCC3)n2)C1. The highest BCUT2D eigenvalue weighted by molar-refractivity contribution is 5.74. The highest BCUT2D eigenvalue weighted by atomic mass is 16.5. The fourth-order valence-corrected chi connectivity index (χ4v) is 4.40. The van der Waals surface area contributed by atoms with Crippen molar-refractivity contribution in [3.8, 4) is 0 Å². The van der Waals surface area contributed by atoms with Crippen LogP contribution in [0.1, 0.15) is 57.2 Å². The van der Waals surface area contributed by atoms with Gasteiger partial charge in [-0.1, -0.05) is 19.8 Å². The normalized spacial score (nSPS) is 29.0. The van der Waals surface area contributed by atoms with Gasteiger partial charge in [0.25, 0.3) is 0 Å². The molecule has 7 heteroatoms. The van der Waals surface area contributed by atoms with Crippen molar-refractivity contribution in [1.29, 1.82) is 0 Å². The molecule has 3 aliphatic rings. The molecule has 3 heterocycles. The maximum atomic E-state index is 12.8. The van der Waals surface area contributed by atoms with Gasteiger partial charge in [-0.3, -0.25) is 0 Å². The third kappa shape index (κ3) is 4.34. The standard InChI is InChI=1S/C20H31N5O2/c1-15-6-2-3-7-16(15)23-20(26)25-12-13-27-18(14-25)17-8-9-21-19(22-17)24-10-4-5-11-24/h8-9,15-16,18H,2-7,10-14H2,1H3,(H,23,26)/t15-,16-,18-/m1/s1. The van der Waals surface area contributed by atoms with Gasteiger partial charge >= 0.3 is 6.03 Å². The van der Waals surface area contributed by atoms with E-state index in [1.165, 1.54) is 32.1 Å². The number of ether oxygens (including phenoxy) is 1. The van der Waals surface area contributed by atoms with E-state index in [0.717, 1.165) is 31.2 Å². The number of urea groups is 1. The summed E-state index contributed by atoms with van der Waals surface area (Å²) in [6.07, 6.45) is 8.80. The molecule has 1 N–H and O–H groups in total. The Hall–Kier alpha value is -1.89. The van der Waals surface area contributed by atoms with Gasteiger partial charge in [-0.05, 0) is 37.7 Å². The number of nitrogens with zero attached hydrogens (tertiary/aromatic N) is 4. The summed E-state index contributed by atoms with van der Waals surface area (Å²) in [4.78, 5) is 26.0. The summed E-state index contributed by atoms with van der Waals surface area (Å²) in [7, 11) is 0. The minimum absolute atomic E-state index is 0.0378. The van der Waals surface area contributed by atoms with Crippen LogP contribution in [0.25, 0.3) is 0 Å². The molecule has 2 saturated heterocycles. The van der Waals surface area contributed by atoms with Crippen LogP contribution in [0.15, 0.2) is 12.3 Å². The smallest absolute Gasteiger partial charge is 0.317 e. The largest absolute Gasteiger partial charge is 0.368 e. The van der Waals surface area contributed by atoms with Gasteiger partial charge in [0, 0.05) is 31.9 Å². The van der Waals surface area contributed by atoms with Crippen LogP contribution in [0.3, 0.4) is 0 Å². The summed E-state index contributed by atoms with van der Waals surface area (Å²) in [6, 6.07) is 2.25. The van der Waals surface area contributed by atoms with Gasteiger partial charge in [-0.25, -0.2) is 14.8 Å². The fourth-order valence-electron chi connectivity index (χ4n) is 4.40. The van der Waals surface area contributed by atoms with E-state index in [0.29, 0.717) is 31.7 Å². The van der Waals surface area contributed by atoms with Crippen molar-refractivity contribution >= 4 is 12.0 Å². The zero-order valence-corrected chi connectivity index (χ0v) is 16.3. The molecule has 1 aromatic rings. The average Bonchev–Trinajstić information content (AvgIpc) is 3.25. The number of carbonyl (C=O) groups is 1. The van der Waals surface area contributed by atoms with Crippen molar-refractivity contribution in [2.75, 3.05) is 37.7 Å². The summed E-state index contributed by atoms with van der Waals surface area (Å²) in [6.45, 7) is 6.00. The lowest BCUT2D eigenvalue weighted by Crippen LogP contribution is -2.51. The van der Waals surface area contributed by atoms with Crippen molar-refractivity contribution in [1.82, 2.24) is 20.2 Å². The summed E-state index contributed by atoms with van der Waals surface area (Å²) in [5, 5.41) is 3.26. The molecule has 2 amide bonds. The lowest BCUT2D eigenvalue weighted by Gasteiger charge is -2.36. The zero-order valence-electron chi connectivity index (χ0n) is 16.3. The first-order chi connectivity index (χ1) is 13.2. The first kappa shape index (κ1) is 18.5. The third-order valence-electron chi connectivity index (χ3n) is 6.16. The van der Waals surface area contributed by atoms with E-state index in [1.807, 2.05) is 17.2 Å². The molecule has 1 aliphatic carbocycles. The Kier molecular flexibility index (Phi) is 5.76. The zero-order chi connectivity index (χ0) is 18.6. The molecule has 0 spiro atoms. The Bertz CT molecular complexity index is 649. The second-order valence-electron chi connectivity index (χ2n) is 8.10. The lowest BCUT2D eigenvalue weighted by atomic mass is 9.86. The van der Waals surface area contributed by atoms with E-state index in [-0.39, 0.29) is 12.1 Å². The Morgan fingerprint density at radius 2 is 2.00 bits per heavy atom. The van der Waals surface area contributed by atoms with E-state index >= 15 is 0 Å². The quantitative estimate of drug-likeness (QED) is 0.882. The molecule has 1 aromatic heterocycles. The number of aromatic nitrogens is 2. The monoisotopic (exact) mass is 373 g/mol. The van der Waals surface area contributed by atoms with Crippen LogP contribution in [0.2, 0.25) is 0 Å². The predicted octanol–water partition coefficient (Wildman–Crippen LogP) is 2.74. The first-order valence-electron chi connectivity index (χ1n) is 10.5. The van der Waals surface area contributed by atoms with E-state index in [2.05, 4.69) is 22.1 Å². The topological polar surface area (TPSA) is 70.6 Å². The summed E-state index contributed by atoms with van der Waals surface area (Å²) in [5.74, 6) is 1.34. The molecule has 7 nitrogen and oxygen atoms in total. The van der Waals surface area contributed by atoms with Crippen LogP contribution in [-0.4, -0.2) is 59.7 Å². The van der Waals surface area contributed by atoms with Gasteiger partial charge in [0.2, 0.25) is 5.95 Å². The Morgan fingerprint density at radius 3 is 2.81 bits per heavy atom. The molecule has 0 radical (unpaired) electrons. The molecular weight excluding hydrogens is 342 g/mol. The highest BCUT2D eigenvalue weighted by Crippen LogP contribution is 2.26. The number of nitrogens with one attached hydrogen (secondary N) is 1. The van der Waals surface area contributed by atoms with Gasteiger partial charge in [0.1, 0.15) is 6.10 Å². The lowest BCUT2D eigenvalue weighted by molar-refractivity contribution is -0.0183. The van der Waals surface area contributed by atoms with Crippen LogP contribution in [0.5, 0.6) is 0 Å². The number of carbonyl (C=O) groups excluding carboxylic acids is 1. The molecule has 2 aliphatic heterocycles. The molecule has 0 bridgehead atoms. The van der Waals surface area contributed by atoms with Gasteiger partial charge in [0.15, 0.2) is 0 Å². The first-order valence-corrected chi connectivity index (χ1v) is 10.5. The molecule has 4 rings (SSSR count). The number of hydrogen-bond donors (Lipinski definition) is 1. The van der Waals surface area contributed by atoms with E-state index < -0.39 is 0 Å². The minimum Gasteiger partial charge on any atom is -0.368 e. The highest BCUT2D eigenvalue weighted by Gasteiger charge is 2.30. The summed E-state index contributed by atoms with van der Waals surface area (Å²) >= 11 is 0. The van der Waals surface area contributed by atoms with Crippen LogP contribution < -0.4 is 10.2 Å². The van der Waals surface area contributed by atoms with Crippen molar-refractivity contribution in [3.63, 3.8) is 0 Å². The summed E-state index contributed by atoms with van der Waals surface area (Å²) < 4.78 is 5.94. The molecule has 0 aromatic carbocycles. The molecule has 27 heavy (non-hydrogen) atoms. The van der Waals surface area contributed by atoms with Crippen molar-refractivity contribution in [2.24, 2.45) is 5.92 Å². The van der Waals surface area contributed by atoms with Crippen molar-refractivity contribution in [3.05, 3.63) is 18.0 Å². The number of rotatable bonds is 3. The van der Waals surface area contributed by atoms with E-state index in [4.69, 9.17) is 9.72 Å². The third-order valence-corrected chi connectivity index (χ3v) is 6.16. The molecular formula is C20H31N5O2. The van der Waals surface area contributed by atoms with E-state index in [1.54, 1.807) is 0 Å². The maximum Gasteiger partial charge on any atom is 0.317 e. The van der Waals surface area contributed by atoms with Crippen LogP contribution in [0, 0.1) is 5.92 Å². The molecule has 1 saturated carbocycles. The average molecular weight is 374 g/mol. The van der Waals surface area contributed by atoms with Gasteiger partial charge in [-0.2, -0.15) is 0 Å². The molecule has 0 unspecified atom stereocenters. The van der Waals surface area contributed by atoms with Crippen LogP contribution in [0.4, 0.5) is 10.7 Å². The van der Waals surface area contributed by atoms with Gasteiger partial charge in [-0.15, -0.1) is 0 Å². The van der Waals surface area contributed by atoms with Gasteiger partial charge in [0.05, 0.1) is 18.8 Å². The minimum atomic E-state index is -0.183. The molecule has 3 fully saturated rings. The second-order valence-corrected chi connectivity index (χ2v) is 8.10. The Balaban J connectivity index is 1.39. The van der Waals surface area contributed by atoms with Crippen LogP contribution >= 0.6 is 0 Å². The number of anilines is 1. The number of morpholine rings is 1. The Labute approximate surface area is 161 Å². The predicted molar refractivity (Wildman–Crippen MR) is 104 cm³/mol. The van der Waals surface area contributed by atoms with Gasteiger partial charge < -0.3 is 19.9 Å². The second kappa shape index (κ2) is 8.42. The molecule has 3 atom stereocenters. The van der Waals surface area contributed by atoms with Crippen LogP contribution in [-0.2, 0) is 4.74 Å². The van der Waals surface area contributed by atoms with Crippen molar-refractivity contribution < 1.29 is 9.53 Å².